The highest BCUT2D eigenvalue weighted by Gasteiger charge is 2.37. The second kappa shape index (κ2) is 7.47. The van der Waals surface area contributed by atoms with Crippen molar-refractivity contribution in [1.29, 1.82) is 0 Å². The number of likely N-dealkylation sites (tertiary alicyclic amines) is 1. The molecule has 1 aromatic heterocycles. The lowest BCUT2D eigenvalue weighted by Crippen LogP contribution is -2.37. The van der Waals surface area contributed by atoms with Crippen molar-refractivity contribution in [3.8, 4) is 5.69 Å². The minimum atomic E-state index is -0.934. The van der Waals surface area contributed by atoms with Crippen molar-refractivity contribution in [1.82, 2.24) is 14.7 Å². The van der Waals surface area contributed by atoms with Gasteiger partial charge in [0.05, 0.1) is 35.7 Å². The van der Waals surface area contributed by atoms with Gasteiger partial charge in [0.15, 0.2) is 0 Å². The lowest BCUT2D eigenvalue weighted by molar-refractivity contribution is -0.137. The smallest absolute Gasteiger partial charge is 0.305 e. The molecule has 0 spiro atoms. The molecular formula is C18H20ClN3O4. The number of rotatable bonds is 5. The van der Waals surface area contributed by atoms with E-state index in [4.69, 9.17) is 21.4 Å². The zero-order valence-electron chi connectivity index (χ0n) is 14.6. The largest absolute Gasteiger partial charge is 0.481 e. The monoisotopic (exact) mass is 377 g/mol. The molecule has 1 aromatic carbocycles. The van der Waals surface area contributed by atoms with Crippen molar-refractivity contribution < 1.29 is 19.4 Å². The van der Waals surface area contributed by atoms with Crippen LogP contribution in [0.25, 0.3) is 5.69 Å². The second-order valence-corrected chi connectivity index (χ2v) is 6.77. The summed E-state index contributed by atoms with van der Waals surface area (Å²) in [4.78, 5) is 25.7. The van der Waals surface area contributed by atoms with Gasteiger partial charge in [0, 0.05) is 24.7 Å². The molecule has 1 N–H and O–H groups in total. The Bertz CT molecular complexity index is 836. The predicted molar refractivity (Wildman–Crippen MR) is 95.8 cm³/mol. The molecule has 2 unspecified atom stereocenters. The van der Waals surface area contributed by atoms with Crippen LogP contribution in [0.4, 0.5) is 0 Å². The highest BCUT2D eigenvalue weighted by molar-refractivity contribution is 6.30. The van der Waals surface area contributed by atoms with E-state index < -0.39 is 5.97 Å². The van der Waals surface area contributed by atoms with E-state index in [0.29, 0.717) is 29.2 Å². The van der Waals surface area contributed by atoms with Gasteiger partial charge in [-0.05, 0) is 31.5 Å². The summed E-state index contributed by atoms with van der Waals surface area (Å²) in [5.74, 6) is -1.17. The van der Waals surface area contributed by atoms with Crippen LogP contribution in [-0.2, 0) is 9.53 Å². The van der Waals surface area contributed by atoms with Gasteiger partial charge in [0.2, 0.25) is 0 Å². The Kier molecular flexibility index (Phi) is 5.29. The van der Waals surface area contributed by atoms with Crippen molar-refractivity contribution in [2.75, 3.05) is 13.7 Å². The summed E-state index contributed by atoms with van der Waals surface area (Å²) in [6, 6.07) is 6.80. The Morgan fingerprint density at radius 2 is 2.19 bits per heavy atom. The third kappa shape index (κ3) is 3.59. The van der Waals surface area contributed by atoms with Crippen molar-refractivity contribution in [3.63, 3.8) is 0 Å². The van der Waals surface area contributed by atoms with E-state index in [2.05, 4.69) is 5.10 Å². The van der Waals surface area contributed by atoms with Crippen LogP contribution >= 0.6 is 11.6 Å². The highest BCUT2D eigenvalue weighted by atomic mass is 35.5. The number of aromatic nitrogens is 2. The van der Waals surface area contributed by atoms with Gasteiger partial charge in [0.1, 0.15) is 0 Å². The van der Waals surface area contributed by atoms with Crippen LogP contribution < -0.4 is 0 Å². The fraction of sp³-hybridized carbons (Fsp3) is 0.389. The lowest BCUT2D eigenvalue weighted by Gasteiger charge is -2.23. The first-order valence-corrected chi connectivity index (χ1v) is 8.64. The van der Waals surface area contributed by atoms with E-state index >= 15 is 0 Å². The third-order valence-electron chi connectivity index (χ3n) is 4.67. The molecule has 1 fully saturated rings. The molecule has 1 aliphatic heterocycles. The van der Waals surface area contributed by atoms with Gasteiger partial charge in [-0.25, -0.2) is 4.68 Å². The summed E-state index contributed by atoms with van der Waals surface area (Å²) in [6.45, 7) is 2.17. The molecule has 7 nitrogen and oxygen atoms in total. The molecule has 1 saturated heterocycles. The normalized spacial score (nSPS) is 19.7. The Morgan fingerprint density at radius 3 is 2.85 bits per heavy atom. The molecule has 0 saturated carbocycles. The molecule has 0 radical (unpaired) electrons. The Labute approximate surface area is 156 Å². The number of aliphatic carboxylic acids is 1. The predicted octanol–water partition coefficient (Wildman–Crippen LogP) is 2.54. The highest BCUT2D eigenvalue weighted by Crippen LogP contribution is 2.26. The maximum absolute atomic E-state index is 13.0. The number of benzene rings is 1. The van der Waals surface area contributed by atoms with Crippen LogP contribution in [0.3, 0.4) is 0 Å². The molecular weight excluding hydrogens is 358 g/mol. The van der Waals surface area contributed by atoms with E-state index in [1.807, 2.05) is 12.1 Å². The molecule has 26 heavy (non-hydrogen) atoms. The van der Waals surface area contributed by atoms with Crippen LogP contribution in [0.15, 0.2) is 30.5 Å². The van der Waals surface area contributed by atoms with Gasteiger partial charge in [-0.15, -0.1) is 0 Å². The van der Waals surface area contributed by atoms with Crippen molar-refractivity contribution in [3.05, 3.63) is 46.7 Å². The number of methoxy groups -OCH3 is 1. The van der Waals surface area contributed by atoms with E-state index in [9.17, 15) is 9.59 Å². The van der Waals surface area contributed by atoms with E-state index in [1.54, 1.807) is 35.7 Å². The molecule has 2 aromatic rings. The van der Waals surface area contributed by atoms with Gasteiger partial charge in [-0.2, -0.15) is 5.10 Å². The molecule has 2 heterocycles. The summed E-state index contributed by atoms with van der Waals surface area (Å²) in [7, 11) is 1.57. The van der Waals surface area contributed by atoms with E-state index in [0.717, 1.165) is 5.69 Å². The average Bonchev–Trinajstić information content (AvgIpc) is 3.17. The molecule has 138 valence electrons. The minimum absolute atomic E-state index is 0.104. The number of ether oxygens (including phenoxy) is 1. The lowest BCUT2D eigenvalue weighted by atomic mass is 10.1. The number of carbonyl (C=O) groups excluding carboxylic acids is 1. The molecule has 8 heteroatoms. The number of nitrogens with zero attached hydrogens (tertiary/aromatic N) is 3. The van der Waals surface area contributed by atoms with Crippen LogP contribution in [-0.4, -0.2) is 57.5 Å². The van der Waals surface area contributed by atoms with Gasteiger partial charge in [-0.1, -0.05) is 17.7 Å². The summed E-state index contributed by atoms with van der Waals surface area (Å²) >= 11 is 6.03. The van der Waals surface area contributed by atoms with Crippen LogP contribution in [0.1, 0.15) is 28.9 Å². The Morgan fingerprint density at radius 1 is 1.42 bits per heavy atom. The summed E-state index contributed by atoms with van der Waals surface area (Å²) in [5, 5.41) is 14.0. The van der Waals surface area contributed by atoms with E-state index in [-0.39, 0.29) is 24.5 Å². The van der Waals surface area contributed by atoms with E-state index in [1.165, 1.54) is 6.20 Å². The topological polar surface area (TPSA) is 84.7 Å². The van der Waals surface area contributed by atoms with Crippen LogP contribution in [0.2, 0.25) is 5.02 Å². The minimum Gasteiger partial charge on any atom is -0.481 e. The van der Waals surface area contributed by atoms with Gasteiger partial charge < -0.3 is 14.7 Å². The summed E-state index contributed by atoms with van der Waals surface area (Å²) < 4.78 is 6.98. The maximum Gasteiger partial charge on any atom is 0.305 e. The van der Waals surface area contributed by atoms with Crippen molar-refractivity contribution >= 4 is 23.5 Å². The first-order chi connectivity index (χ1) is 12.4. The summed E-state index contributed by atoms with van der Waals surface area (Å²) in [6.07, 6.45) is 1.76. The number of carboxylic acids is 1. The zero-order valence-corrected chi connectivity index (χ0v) is 15.3. The van der Waals surface area contributed by atoms with Gasteiger partial charge in [-0.3, -0.25) is 9.59 Å². The average molecular weight is 378 g/mol. The number of amides is 1. The number of hydrogen-bond donors (Lipinski definition) is 1. The Hall–Kier alpha value is -2.38. The quantitative estimate of drug-likeness (QED) is 0.865. The van der Waals surface area contributed by atoms with Gasteiger partial charge in [0.25, 0.3) is 5.91 Å². The number of halogens is 1. The van der Waals surface area contributed by atoms with Gasteiger partial charge >= 0.3 is 5.97 Å². The standard InChI is InChI=1S/C18H20ClN3O4/c1-11-16(9-20-22(11)13-5-3-4-12(19)6-13)18(25)21-10-15(26-2)7-14(21)8-17(23)24/h3-6,9,14-15H,7-8,10H2,1-2H3,(H,23,24). The number of hydrogen-bond acceptors (Lipinski definition) is 4. The first-order valence-electron chi connectivity index (χ1n) is 8.26. The second-order valence-electron chi connectivity index (χ2n) is 6.34. The molecule has 0 bridgehead atoms. The Balaban J connectivity index is 1.89. The van der Waals surface area contributed by atoms with Crippen molar-refractivity contribution in [2.45, 2.75) is 31.9 Å². The first kappa shape index (κ1) is 18.4. The molecule has 0 aliphatic carbocycles. The molecule has 3 rings (SSSR count). The summed E-state index contributed by atoms with van der Waals surface area (Å²) in [5.41, 5.74) is 1.87. The molecule has 1 amide bonds. The van der Waals surface area contributed by atoms with Crippen LogP contribution in [0, 0.1) is 6.92 Å². The van der Waals surface area contributed by atoms with Crippen LogP contribution in [0.5, 0.6) is 0 Å². The molecule has 2 atom stereocenters. The zero-order chi connectivity index (χ0) is 18.8. The fourth-order valence-corrected chi connectivity index (χ4v) is 3.52. The number of carboxylic acid groups (broad SMARTS) is 1. The van der Waals surface area contributed by atoms with Crippen molar-refractivity contribution in [2.24, 2.45) is 0 Å². The molecule has 1 aliphatic rings. The fourth-order valence-electron chi connectivity index (χ4n) is 3.33. The SMILES string of the molecule is COC1CC(CC(=O)O)N(C(=O)c2cnn(-c3cccc(Cl)c3)c2C)C1. The number of carbonyl (C=O) groups is 2. The maximum atomic E-state index is 13.0. The third-order valence-corrected chi connectivity index (χ3v) is 4.91.